The van der Waals surface area contributed by atoms with Crippen molar-refractivity contribution in [3.63, 3.8) is 0 Å². The minimum atomic E-state index is -0.527. The third-order valence-electron chi connectivity index (χ3n) is 1.72. The molecule has 2 amide bonds. The smallest absolute Gasteiger partial charge is 0.229 e. The lowest BCUT2D eigenvalue weighted by atomic mass is 10.1. The summed E-state index contributed by atoms with van der Waals surface area (Å²) in [7, 11) is 0. The van der Waals surface area contributed by atoms with E-state index in [-0.39, 0.29) is 23.4 Å². The molecule has 14 heavy (non-hydrogen) atoms. The maximum absolute atomic E-state index is 11.3. The molecule has 0 rings (SSSR count). The molecule has 80 valence electrons. The molecule has 0 spiro atoms. The van der Waals surface area contributed by atoms with Gasteiger partial charge in [-0.3, -0.25) is 9.59 Å². The molecule has 0 aliphatic heterocycles. The van der Waals surface area contributed by atoms with Crippen LogP contribution in [0.4, 0.5) is 0 Å². The van der Waals surface area contributed by atoms with Gasteiger partial charge in [0.25, 0.3) is 0 Å². The zero-order valence-electron chi connectivity index (χ0n) is 8.24. The van der Waals surface area contributed by atoms with Crippen LogP contribution in [-0.4, -0.2) is 22.8 Å². The van der Waals surface area contributed by atoms with Gasteiger partial charge in [-0.25, -0.2) is 0 Å². The molecule has 0 bridgehead atoms. The van der Waals surface area contributed by atoms with Crippen LogP contribution in [0.5, 0.6) is 0 Å². The molecule has 0 heterocycles. The predicted molar refractivity (Wildman–Crippen MR) is 57.4 cm³/mol. The zero-order chi connectivity index (χ0) is 11.3. The first-order chi connectivity index (χ1) is 6.34. The lowest BCUT2D eigenvalue weighted by Gasteiger charge is -2.15. The molecule has 0 aliphatic rings. The van der Waals surface area contributed by atoms with E-state index in [0.717, 1.165) is 0 Å². The summed E-state index contributed by atoms with van der Waals surface area (Å²) in [6.45, 7) is 3.30. The normalized spacial score (nSPS) is 14.1. The van der Waals surface area contributed by atoms with Crippen molar-refractivity contribution >= 4 is 29.0 Å². The molecule has 0 aliphatic carbocycles. The number of nitrogens with one attached hydrogen (secondary N) is 1. The third-order valence-corrected chi connectivity index (χ3v) is 2.07. The lowest BCUT2D eigenvalue weighted by molar-refractivity contribution is -0.123. The SMILES string of the molecule is CC(CC(N)=O)NC(=O)C(C)C(N)=S. The Labute approximate surface area is 88.2 Å². The minimum Gasteiger partial charge on any atom is -0.393 e. The van der Waals surface area contributed by atoms with E-state index in [1.165, 1.54) is 0 Å². The number of nitrogens with two attached hydrogens (primary N) is 2. The Kier molecular flexibility index (Phi) is 5.07. The van der Waals surface area contributed by atoms with Gasteiger partial charge in [0.1, 0.15) is 0 Å². The van der Waals surface area contributed by atoms with Gasteiger partial charge in [-0.2, -0.15) is 0 Å². The monoisotopic (exact) mass is 217 g/mol. The summed E-state index contributed by atoms with van der Waals surface area (Å²) < 4.78 is 0. The van der Waals surface area contributed by atoms with E-state index in [2.05, 4.69) is 17.5 Å². The Morgan fingerprint density at radius 1 is 1.36 bits per heavy atom. The van der Waals surface area contributed by atoms with Crippen LogP contribution < -0.4 is 16.8 Å². The van der Waals surface area contributed by atoms with Gasteiger partial charge in [0.05, 0.1) is 10.9 Å². The minimum absolute atomic E-state index is 0.107. The molecular formula is C8H15N3O2S. The van der Waals surface area contributed by atoms with Gasteiger partial charge in [0.2, 0.25) is 11.8 Å². The Balaban J connectivity index is 4.05. The van der Waals surface area contributed by atoms with Crippen molar-refractivity contribution < 1.29 is 9.59 Å². The highest BCUT2D eigenvalue weighted by molar-refractivity contribution is 7.80. The van der Waals surface area contributed by atoms with E-state index in [4.69, 9.17) is 11.5 Å². The zero-order valence-corrected chi connectivity index (χ0v) is 9.06. The van der Waals surface area contributed by atoms with Crippen LogP contribution in [0.15, 0.2) is 0 Å². The van der Waals surface area contributed by atoms with Crippen LogP contribution in [0.1, 0.15) is 20.3 Å². The third kappa shape index (κ3) is 4.76. The van der Waals surface area contributed by atoms with E-state index in [0.29, 0.717) is 0 Å². The van der Waals surface area contributed by atoms with Crippen LogP contribution in [0.3, 0.4) is 0 Å². The summed E-state index contributed by atoms with van der Waals surface area (Å²) in [5, 5.41) is 2.59. The molecule has 0 fully saturated rings. The second-order valence-electron chi connectivity index (χ2n) is 3.20. The topological polar surface area (TPSA) is 98.2 Å². The van der Waals surface area contributed by atoms with Crippen molar-refractivity contribution in [3.8, 4) is 0 Å². The van der Waals surface area contributed by atoms with Gasteiger partial charge in [0, 0.05) is 12.5 Å². The van der Waals surface area contributed by atoms with Crippen LogP contribution in [0.2, 0.25) is 0 Å². The number of rotatable bonds is 5. The van der Waals surface area contributed by atoms with Crippen LogP contribution in [-0.2, 0) is 9.59 Å². The predicted octanol–water partition coefficient (Wildman–Crippen LogP) is -0.711. The van der Waals surface area contributed by atoms with Crippen molar-refractivity contribution in [2.24, 2.45) is 17.4 Å². The summed E-state index contributed by atoms with van der Waals surface area (Å²) in [5.41, 5.74) is 10.3. The first kappa shape index (κ1) is 12.8. The molecule has 0 saturated heterocycles. The van der Waals surface area contributed by atoms with Gasteiger partial charge in [-0.1, -0.05) is 12.2 Å². The first-order valence-corrected chi connectivity index (χ1v) is 4.63. The van der Waals surface area contributed by atoms with Crippen LogP contribution in [0, 0.1) is 5.92 Å². The summed E-state index contributed by atoms with van der Waals surface area (Å²) in [6.07, 6.45) is 0.107. The number of carbonyl (C=O) groups excluding carboxylic acids is 2. The van der Waals surface area contributed by atoms with Gasteiger partial charge in [-0.15, -0.1) is 0 Å². The average Bonchev–Trinajstić information content (AvgIpc) is 2.00. The quantitative estimate of drug-likeness (QED) is 0.530. The Hall–Kier alpha value is -1.17. The fourth-order valence-corrected chi connectivity index (χ4v) is 0.957. The van der Waals surface area contributed by atoms with E-state index >= 15 is 0 Å². The highest BCUT2D eigenvalue weighted by Gasteiger charge is 2.17. The summed E-state index contributed by atoms with van der Waals surface area (Å²) in [5.74, 6) is -1.27. The van der Waals surface area contributed by atoms with Crippen molar-refractivity contribution in [2.75, 3.05) is 0 Å². The second-order valence-corrected chi connectivity index (χ2v) is 3.68. The standard InChI is InChI=1S/C8H15N3O2S/c1-4(3-6(9)12)11-8(13)5(2)7(10)14/h4-5H,3H2,1-2H3,(H2,9,12)(H2,10,14)(H,11,13). The molecule has 2 atom stereocenters. The Morgan fingerprint density at radius 2 is 1.86 bits per heavy atom. The first-order valence-electron chi connectivity index (χ1n) is 4.22. The molecule has 0 aromatic carbocycles. The fraction of sp³-hybridized carbons (Fsp3) is 0.625. The maximum atomic E-state index is 11.3. The maximum Gasteiger partial charge on any atom is 0.229 e. The highest BCUT2D eigenvalue weighted by Crippen LogP contribution is 1.97. The number of primary amides is 1. The highest BCUT2D eigenvalue weighted by atomic mass is 32.1. The largest absolute Gasteiger partial charge is 0.393 e. The van der Waals surface area contributed by atoms with Gasteiger partial charge < -0.3 is 16.8 Å². The molecule has 2 unspecified atom stereocenters. The summed E-state index contributed by atoms with van der Waals surface area (Å²) >= 11 is 4.66. The number of amides is 2. The van der Waals surface area contributed by atoms with E-state index in [1.807, 2.05) is 0 Å². The van der Waals surface area contributed by atoms with E-state index in [9.17, 15) is 9.59 Å². The van der Waals surface area contributed by atoms with Gasteiger partial charge in [0.15, 0.2) is 0 Å². The van der Waals surface area contributed by atoms with Crippen molar-refractivity contribution in [1.82, 2.24) is 5.32 Å². The molecule has 0 radical (unpaired) electrons. The summed E-state index contributed by atoms with van der Waals surface area (Å²) in [4.78, 5) is 22.0. The van der Waals surface area contributed by atoms with Crippen molar-refractivity contribution in [1.29, 1.82) is 0 Å². The number of thiocarbonyl (C=S) groups is 1. The lowest BCUT2D eigenvalue weighted by Crippen LogP contribution is -2.42. The number of hydrogen-bond acceptors (Lipinski definition) is 3. The second kappa shape index (κ2) is 5.54. The Morgan fingerprint density at radius 3 is 2.21 bits per heavy atom. The van der Waals surface area contributed by atoms with Crippen molar-refractivity contribution in [2.45, 2.75) is 26.3 Å². The van der Waals surface area contributed by atoms with E-state index < -0.39 is 11.8 Å². The number of hydrogen-bond donors (Lipinski definition) is 3. The van der Waals surface area contributed by atoms with Crippen molar-refractivity contribution in [3.05, 3.63) is 0 Å². The van der Waals surface area contributed by atoms with Crippen LogP contribution >= 0.6 is 12.2 Å². The fourth-order valence-electron chi connectivity index (χ4n) is 0.850. The number of carbonyl (C=O) groups is 2. The van der Waals surface area contributed by atoms with Gasteiger partial charge in [-0.05, 0) is 13.8 Å². The molecule has 0 aromatic heterocycles. The molecular weight excluding hydrogens is 202 g/mol. The van der Waals surface area contributed by atoms with E-state index in [1.54, 1.807) is 13.8 Å². The Bertz CT molecular complexity index is 255. The molecule has 5 nitrogen and oxygen atoms in total. The molecule has 6 heteroatoms. The van der Waals surface area contributed by atoms with Crippen LogP contribution in [0.25, 0.3) is 0 Å². The molecule has 0 saturated carbocycles. The molecule has 0 aromatic rings. The average molecular weight is 217 g/mol. The van der Waals surface area contributed by atoms with Gasteiger partial charge >= 0.3 is 0 Å². The summed E-state index contributed by atoms with van der Waals surface area (Å²) in [6, 6.07) is -0.295. The molecule has 5 N–H and O–H groups in total.